The van der Waals surface area contributed by atoms with Crippen molar-refractivity contribution >= 4 is 40.1 Å². The molecule has 0 aliphatic rings. The van der Waals surface area contributed by atoms with Crippen LogP contribution >= 0.6 is 11.3 Å². The zero-order valence-corrected chi connectivity index (χ0v) is 14.4. The molecular weight excluding hydrogens is 356 g/mol. The maximum atomic E-state index is 12.2. The lowest BCUT2D eigenvalue weighted by atomic mass is 10.1. The molecule has 0 saturated carbocycles. The van der Waals surface area contributed by atoms with E-state index in [1.165, 1.54) is 6.07 Å². The summed E-state index contributed by atoms with van der Waals surface area (Å²) in [5.74, 6) is -2.59. The number of carbonyl (C=O) groups excluding carboxylic acids is 4. The second-order valence-electron chi connectivity index (χ2n) is 5.21. The Labute approximate surface area is 152 Å². The first-order chi connectivity index (χ1) is 12.3. The van der Waals surface area contributed by atoms with Gasteiger partial charge in [-0.3, -0.25) is 14.4 Å². The summed E-state index contributed by atoms with van der Waals surface area (Å²) in [6, 6.07) is 9.80. The molecule has 9 heteroatoms. The van der Waals surface area contributed by atoms with Crippen LogP contribution in [0, 0.1) is 0 Å². The maximum absolute atomic E-state index is 12.2. The predicted molar refractivity (Wildman–Crippen MR) is 97.5 cm³/mol. The highest BCUT2D eigenvalue weighted by molar-refractivity contribution is 7.17. The standard InChI is InChI=1S/C17H16N4O4S/c18-13(22)6-7-14(23)21(17(20)25)16-12(15(19)24)9-11(26-16)8-10-4-2-1-3-5-10/h1-7,9H,8H2,(H2,18,22)(H2,19,24)(H2,20,25). The highest BCUT2D eigenvalue weighted by Crippen LogP contribution is 2.33. The van der Waals surface area contributed by atoms with Crippen LogP contribution in [0.15, 0.2) is 48.6 Å². The van der Waals surface area contributed by atoms with E-state index in [2.05, 4.69) is 0 Å². The first kappa shape index (κ1) is 18.9. The van der Waals surface area contributed by atoms with Gasteiger partial charge in [-0.1, -0.05) is 30.3 Å². The molecule has 0 aliphatic carbocycles. The number of rotatable bonds is 6. The van der Waals surface area contributed by atoms with Crippen LogP contribution in [0.4, 0.5) is 9.80 Å². The fraction of sp³-hybridized carbons (Fsp3) is 0.0588. The summed E-state index contributed by atoms with van der Waals surface area (Å²) in [5, 5.41) is -0.00458. The van der Waals surface area contributed by atoms with E-state index < -0.39 is 23.8 Å². The Balaban J connectivity index is 2.44. The van der Waals surface area contributed by atoms with Crippen molar-refractivity contribution in [1.82, 2.24) is 0 Å². The Morgan fingerprint density at radius 2 is 1.65 bits per heavy atom. The van der Waals surface area contributed by atoms with Crippen LogP contribution in [0.5, 0.6) is 0 Å². The third-order valence-corrected chi connectivity index (χ3v) is 4.40. The van der Waals surface area contributed by atoms with Gasteiger partial charge in [-0.25, -0.2) is 9.69 Å². The minimum absolute atomic E-state index is 0.00458. The monoisotopic (exact) mass is 372 g/mol. The quantitative estimate of drug-likeness (QED) is 0.645. The molecule has 0 aliphatic heterocycles. The molecule has 0 fully saturated rings. The first-order valence-corrected chi connectivity index (χ1v) is 8.18. The third-order valence-electron chi connectivity index (χ3n) is 3.28. The van der Waals surface area contributed by atoms with Crippen molar-refractivity contribution in [1.29, 1.82) is 0 Å². The molecule has 2 aromatic rings. The van der Waals surface area contributed by atoms with Crippen molar-refractivity contribution < 1.29 is 19.2 Å². The molecule has 26 heavy (non-hydrogen) atoms. The Kier molecular flexibility index (Phi) is 5.86. The average molecular weight is 372 g/mol. The minimum atomic E-state index is -1.11. The smallest absolute Gasteiger partial charge is 0.327 e. The zero-order valence-electron chi connectivity index (χ0n) is 13.5. The van der Waals surface area contributed by atoms with Crippen molar-refractivity contribution in [2.75, 3.05) is 4.90 Å². The largest absolute Gasteiger partial charge is 0.366 e. The van der Waals surface area contributed by atoms with Gasteiger partial charge in [0.2, 0.25) is 5.91 Å². The van der Waals surface area contributed by atoms with Crippen molar-refractivity contribution in [3.8, 4) is 0 Å². The number of hydrogen-bond donors (Lipinski definition) is 3. The molecule has 1 aromatic heterocycles. The number of nitrogens with two attached hydrogens (primary N) is 3. The normalized spacial score (nSPS) is 10.6. The van der Waals surface area contributed by atoms with Crippen LogP contribution in [0.25, 0.3) is 0 Å². The van der Waals surface area contributed by atoms with Crippen molar-refractivity contribution in [3.05, 3.63) is 64.6 Å². The first-order valence-electron chi connectivity index (χ1n) is 7.37. The number of thiophene rings is 1. The summed E-state index contributed by atoms with van der Waals surface area (Å²) in [6.07, 6.45) is 2.07. The summed E-state index contributed by atoms with van der Waals surface area (Å²) in [7, 11) is 0. The summed E-state index contributed by atoms with van der Waals surface area (Å²) >= 11 is 1.04. The molecule has 134 valence electrons. The number of hydrogen-bond acceptors (Lipinski definition) is 5. The molecule has 0 unspecified atom stereocenters. The van der Waals surface area contributed by atoms with Crippen LogP contribution in [-0.4, -0.2) is 23.8 Å². The Morgan fingerprint density at radius 1 is 1.00 bits per heavy atom. The summed E-state index contributed by atoms with van der Waals surface area (Å²) < 4.78 is 0. The number of urea groups is 1. The fourth-order valence-corrected chi connectivity index (χ4v) is 3.40. The van der Waals surface area contributed by atoms with Crippen molar-refractivity contribution in [2.24, 2.45) is 17.2 Å². The van der Waals surface area contributed by atoms with Crippen molar-refractivity contribution in [2.45, 2.75) is 6.42 Å². The van der Waals surface area contributed by atoms with E-state index in [-0.39, 0.29) is 10.6 Å². The average Bonchev–Trinajstić information content (AvgIpc) is 2.97. The molecule has 2 rings (SSSR count). The zero-order chi connectivity index (χ0) is 19.3. The number of nitrogens with zero attached hydrogens (tertiary/aromatic N) is 1. The SMILES string of the molecule is NC(=O)C=CC(=O)N(C(N)=O)c1sc(Cc2ccccc2)cc1C(N)=O. The molecule has 0 radical (unpaired) electrons. The van der Waals surface area contributed by atoms with Crippen LogP contribution in [0.1, 0.15) is 20.8 Å². The number of benzene rings is 1. The Bertz CT molecular complexity index is 889. The van der Waals surface area contributed by atoms with Crippen LogP contribution in [0.2, 0.25) is 0 Å². The van der Waals surface area contributed by atoms with Gasteiger partial charge in [-0.05, 0) is 11.6 Å². The number of primary amides is 3. The van der Waals surface area contributed by atoms with Gasteiger partial charge < -0.3 is 17.2 Å². The number of amides is 5. The Morgan fingerprint density at radius 3 is 2.19 bits per heavy atom. The van der Waals surface area contributed by atoms with E-state index in [4.69, 9.17) is 17.2 Å². The van der Waals surface area contributed by atoms with E-state index >= 15 is 0 Å². The summed E-state index contributed by atoms with van der Waals surface area (Å²) in [6.45, 7) is 0. The predicted octanol–water partition coefficient (Wildman–Crippen LogP) is 0.891. The molecule has 0 saturated heterocycles. The molecule has 8 nitrogen and oxygen atoms in total. The van der Waals surface area contributed by atoms with Gasteiger partial charge in [0.05, 0.1) is 5.56 Å². The van der Waals surface area contributed by atoms with Gasteiger partial charge >= 0.3 is 6.03 Å². The minimum Gasteiger partial charge on any atom is -0.366 e. The summed E-state index contributed by atoms with van der Waals surface area (Å²) in [4.78, 5) is 47.8. The lowest BCUT2D eigenvalue weighted by Gasteiger charge is -2.15. The van der Waals surface area contributed by atoms with Crippen LogP contribution in [0.3, 0.4) is 0 Å². The van der Waals surface area contributed by atoms with E-state index in [0.717, 1.165) is 29.1 Å². The van der Waals surface area contributed by atoms with Gasteiger partial charge in [-0.2, -0.15) is 0 Å². The molecule has 6 N–H and O–H groups in total. The molecule has 5 amide bonds. The molecule has 1 aromatic carbocycles. The van der Waals surface area contributed by atoms with E-state index in [0.29, 0.717) is 16.2 Å². The van der Waals surface area contributed by atoms with E-state index in [1.54, 1.807) is 0 Å². The number of carbonyl (C=O) groups is 4. The second-order valence-corrected chi connectivity index (χ2v) is 6.32. The van der Waals surface area contributed by atoms with Gasteiger partial charge in [0.1, 0.15) is 5.00 Å². The third kappa shape index (κ3) is 4.54. The number of imide groups is 1. The highest BCUT2D eigenvalue weighted by atomic mass is 32.1. The topological polar surface area (TPSA) is 150 Å². The van der Waals surface area contributed by atoms with Crippen molar-refractivity contribution in [3.63, 3.8) is 0 Å². The van der Waals surface area contributed by atoms with E-state index in [9.17, 15) is 19.2 Å². The van der Waals surface area contributed by atoms with Gasteiger partial charge in [0, 0.05) is 23.5 Å². The Hall–Kier alpha value is -3.46. The number of anilines is 1. The summed E-state index contributed by atoms with van der Waals surface area (Å²) in [5.41, 5.74) is 16.5. The van der Waals surface area contributed by atoms with Crippen LogP contribution < -0.4 is 22.1 Å². The van der Waals surface area contributed by atoms with Gasteiger partial charge in [-0.15, -0.1) is 11.3 Å². The van der Waals surface area contributed by atoms with E-state index in [1.807, 2.05) is 30.3 Å². The molecular formula is C17H16N4O4S. The molecule has 0 spiro atoms. The lowest BCUT2D eigenvalue weighted by Crippen LogP contribution is -2.40. The molecule has 1 heterocycles. The van der Waals surface area contributed by atoms with Gasteiger partial charge in [0.25, 0.3) is 11.8 Å². The molecule has 0 bridgehead atoms. The fourth-order valence-electron chi connectivity index (χ4n) is 2.19. The lowest BCUT2D eigenvalue weighted by molar-refractivity contribution is -0.115. The highest BCUT2D eigenvalue weighted by Gasteiger charge is 2.27. The molecule has 0 atom stereocenters. The maximum Gasteiger partial charge on any atom is 0.327 e. The second kappa shape index (κ2) is 8.08. The van der Waals surface area contributed by atoms with Gasteiger partial charge in [0.15, 0.2) is 0 Å². The van der Waals surface area contributed by atoms with Crippen LogP contribution in [-0.2, 0) is 16.0 Å².